The van der Waals surface area contributed by atoms with Crippen LogP contribution >= 0.6 is 15.2 Å². The van der Waals surface area contributed by atoms with E-state index in [-0.39, 0.29) is 26.4 Å². The molecule has 0 fully saturated rings. The Morgan fingerprint density at radius 1 is 0.643 bits per heavy atom. The maximum Gasteiger partial charge on any atom is 0.406 e. The molecular weight excluding hydrogens is 398 g/mol. The van der Waals surface area contributed by atoms with E-state index in [2.05, 4.69) is 11.3 Å². The van der Waals surface area contributed by atoms with Crippen molar-refractivity contribution in [2.75, 3.05) is 13.2 Å². The minimum atomic E-state index is -3.89. The predicted molar refractivity (Wildman–Crippen MR) is 109 cm³/mol. The van der Waals surface area contributed by atoms with Crippen molar-refractivity contribution in [3.8, 4) is 11.3 Å². The summed E-state index contributed by atoms with van der Waals surface area (Å²) in [7, 11) is -7.59. The largest absolute Gasteiger partial charge is 0.406 e. The average Bonchev–Trinajstić information content (AvgIpc) is 2.72. The fourth-order valence-corrected chi connectivity index (χ4v) is 4.84. The third-order valence-corrected chi connectivity index (χ3v) is 6.49. The van der Waals surface area contributed by atoms with Gasteiger partial charge in [-0.3, -0.25) is 18.1 Å². The summed E-state index contributed by atoms with van der Waals surface area (Å²) in [4.78, 5) is 0. The van der Waals surface area contributed by atoms with Crippen LogP contribution in [-0.2, 0) is 40.4 Å². The lowest BCUT2D eigenvalue weighted by atomic mass is 10.2. The Balaban J connectivity index is 2.20. The number of hydrogen-bond acceptors (Lipinski definition) is 6. The van der Waals surface area contributed by atoms with Gasteiger partial charge in [-0.25, -0.2) is 9.13 Å². The quantitative estimate of drug-likeness (QED) is 0.356. The molecule has 0 atom stereocenters. The van der Waals surface area contributed by atoms with Gasteiger partial charge in [-0.05, 0) is 25.0 Å². The van der Waals surface area contributed by atoms with E-state index in [1.165, 1.54) is 0 Å². The molecule has 6 nitrogen and oxygen atoms in total. The van der Waals surface area contributed by atoms with Crippen LogP contribution in [0.15, 0.2) is 60.7 Å². The summed E-state index contributed by atoms with van der Waals surface area (Å²) in [6.45, 7) is 3.71. The van der Waals surface area contributed by atoms with Gasteiger partial charge in [0.25, 0.3) is 0 Å². The molecule has 28 heavy (non-hydrogen) atoms. The molecule has 8 heteroatoms. The SMILES string of the molecule is CCOP(=O)(C#CP(=O)(OCc1ccccc1)OCc1ccccc1)OCC. The van der Waals surface area contributed by atoms with Crippen molar-refractivity contribution in [3.05, 3.63) is 71.8 Å². The number of rotatable bonds is 10. The van der Waals surface area contributed by atoms with E-state index in [9.17, 15) is 9.13 Å². The fraction of sp³-hybridized carbons (Fsp3) is 0.300. The van der Waals surface area contributed by atoms with Crippen molar-refractivity contribution < 1.29 is 27.2 Å². The molecular formula is C20H24O6P2. The van der Waals surface area contributed by atoms with Gasteiger partial charge in [0, 0.05) is 11.3 Å². The first-order valence-corrected chi connectivity index (χ1v) is 12.0. The highest BCUT2D eigenvalue weighted by Crippen LogP contribution is 2.53. The second kappa shape index (κ2) is 11.3. The summed E-state index contributed by atoms with van der Waals surface area (Å²) < 4.78 is 47.0. The average molecular weight is 422 g/mol. The summed E-state index contributed by atoms with van der Waals surface area (Å²) in [5, 5.41) is 0. The first-order chi connectivity index (χ1) is 13.5. The van der Waals surface area contributed by atoms with Crippen LogP contribution in [0.4, 0.5) is 0 Å². The Labute approximate surface area is 166 Å². The number of hydrogen-bond donors (Lipinski definition) is 0. The van der Waals surface area contributed by atoms with Gasteiger partial charge in [-0.1, -0.05) is 60.7 Å². The van der Waals surface area contributed by atoms with Crippen LogP contribution in [0.1, 0.15) is 25.0 Å². The zero-order valence-electron chi connectivity index (χ0n) is 15.9. The van der Waals surface area contributed by atoms with E-state index in [4.69, 9.17) is 18.1 Å². The third-order valence-electron chi connectivity index (χ3n) is 3.41. The van der Waals surface area contributed by atoms with Crippen LogP contribution in [0, 0.1) is 11.3 Å². The van der Waals surface area contributed by atoms with E-state index >= 15 is 0 Å². The van der Waals surface area contributed by atoms with Gasteiger partial charge >= 0.3 is 15.2 Å². The van der Waals surface area contributed by atoms with Gasteiger partial charge in [0.1, 0.15) is 0 Å². The van der Waals surface area contributed by atoms with Crippen molar-refractivity contribution in [2.45, 2.75) is 27.1 Å². The van der Waals surface area contributed by atoms with E-state index in [0.29, 0.717) is 0 Å². The first kappa shape index (κ1) is 22.6. The zero-order chi connectivity index (χ0) is 20.3. The van der Waals surface area contributed by atoms with Crippen molar-refractivity contribution in [1.82, 2.24) is 0 Å². The topological polar surface area (TPSA) is 71.1 Å². The van der Waals surface area contributed by atoms with Crippen molar-refractivity contribution in [2.24, 2.45) is 0 Å². The van der Waals surface area contributed by atoms with Gasteiger partial charge in [0.2, 0.25) is 0 Å². The maximum absolute atomic E-state index is 13.2. The Morgan fingerprint density at radius 3 is 1.36 bits per heavy atom. The van der Waals surface area contributed by atoms with E-state index < -0.39 is 15.2 Å². The van der Waals surface area contributed by atoms with E-state index in [1.54, 1.807) is 13.8 Å². The molecule has 0 unspecified atom stereocenters. The summed E-state index contributed by atoms with van der Waals surface area (Å²) in [5.41, 5.74) is 6.38. The van der Waals surface area contributed by atoms with Crippen molar-refractivity contribution in [3.63, 3.8) is 0 Å². The minimum absolute atomic E-state index is 0.0369. The van der Waals surface area contributed by atoms with Crippen LogP contribution in [0.25, 0.3) is 0 Å². The van der Waals surface area contributed by atoms with E-state index in [0.717, 1.165) is 11.1 Å². The first-order valence-electron chi connectivity index (χ1n) is 8.89. The lowest BCUT2D eigenvalue weighted by molar-refractivity contribution is 0.200. The molecule has 2 aromatic carbocycles. The molecule has 0 bridgehead atoms. The Bertz CT molecular complexity index is 816. The van der Waals surface area contributed by atoms with Gasteiger partial charge in [-0.2, -0.15) is 0 Å². The molecule has 150 valence electrons. The van der Waals surface area contributed by atoms with Gasteiger partial charge in [-0.15, -0.1) is 0 Å². The fourth-order valence-electron chi connectivity index (χ4n) is 2.13. The van der Waals surface area contributed by atoms with Gasteiger partial charge in [0.05, 0.1) is 26.4 Å². The molecule has 2 aromatic rings. The molecule has 0 aliphatic carbocycles. The lowest BCUT2D eigenvalue weighted by Crippen LogP contribution is -1.97. The Kier molecular flexibility index (Phi) is 9.15. The molecule has 0 aliphatic rings. The van der Waals surface area contributed by atoms with E-state index in [1.807, 2.05) is 60.7 Å². The summed E-state index contributed by atoms with van der Waals surface area (Å²) in [5.74, 6) is 0. The molecule has 0 spiro atoms. The lowest BCUT2D eigenvalue weighted by Gasteiger charge is -2.14. The highest BCUT2D eigenvalue weighted by Gasteiger charge is 2.26. The minimum Gasteiger partial charge on any atom is -0.300 e. The molecule has 0 heterocycles. The molecule has 0 aliphatic heterocycles. The van der Waals surface area contributed by atoms with Gasteiger partial charge in [0.15, 0.2) is 0 Å². The van der Waals surface area contributed by atoms with Crippen molar-refractivity contribution >= 4 is 15.2 Å². The van der Waals surface area contributed by atoms with Gasteiger partial charge < -0.3 is 0 Å². The second-order valence-corrected chi connectivity index (χ2v) is 9.04. The summed E-state index contributed by atoms with van der Waals surface area (Å²) in [6.07, 6.45) is 0. The molecule has 0 amide bonds. The smallest absolute Gasteiger partial charge is 0.300 e. The molecule has 0 N–H and O–H groups in total. The van der Waals surface area contributed by atoms with Crippen LogP contribution in [0.3, 0.4) is 0 Å². The highest BCUT2D eigenvalue weighted by molar-refractivity contribution is 7.63. The standard InChI is InChI=1S/C20H24O6P2/c1-3-23-27(21,24-4-2)15-16-28(22,25-17-19-11-7-5-8-12-19)26-18-20-13-9-6-10-14-20/h5-14H,3-4,17-18H2,1-2H3. The van der Waals surface area contributed by atoms with Crippen LogP contribution in [0.5, 0.6) is 0 Å². The monoisotopic (exact) mass is 422 g/mol. The molecule has 0 aromatic heterocycles. The molecule has 2 rings (SSSR count). The van der Waals surface area contributed by atoms with Crippen LogP contribution in [-0.4, -0.2) is 13.2 Å². The summed E-state index contributed by atoms with van der Waals surface area (Å²) in [6, 6.07) is 18.5. The normalized spacial score (nSPS) is 11.6. The third kappa shape index (κ3) is 7.73. The summed E-state index contributed by atoms with van der Waals surface area (Å²) >= 11 is 0. The van der Waals surface area contributed by atoms with Crippen LogP contribution in [0.2, 0.25) is 0 Å². The zero-order valence-corrected chi connectivity index (χ0v) is 17.7. The van der Waals surface area contributed by atoms with Crippen LogP contribution < -0.4 is 0 Å². The second-order valence-electron chi connectivity index (χ2n) is 5.57. The highest BCUT2D eigenvalue weighted by atomic mass is 31.2. The predicted octanol–water partition coefficient (Wildman–Crippen LogP) is 5.80. The molecule has 0 saturated carbocycles. The maximum atomic E-state index is 13.2. The number of benzene rings is 2. The Hall–Kier alpha value is -1.70. The molecule has 0 radical (unpaired) electrons. The molecule has 0 saturated heterocycles. The van der Waals surface area contributed by atoms with Crippen molar-refractivity contribution in [1.29, 1.82) is 0 Å². The Morgan fingerprint density at radius 2 is 1.00 bits per heavy atom.